The van der Waals surface area contributed by atoms with Crippen molar-refractivity contribution in [3.63, 3.8) is 0 Å². The Morgan fingerprint density at radius 1 is 1.32 bits per heavy atom. The average molecular weight is 337 g/mol. The van der Waals surface area contributed by atoms with Gasteiger partial charge in [0, 0.05) is 18.9 Å². The van der Waals surface area contributed by atoms with E-state index in [1.54, 1.807) is 30.3 Å². The van der Waals surface area contributed by atoms with Crippen molar-refractivity contribution >= 4 is 18.3 Å². The normalized spacial score (nSPS) is 19.3. The van der Waals surface area contributed by atoms with Gasteiger partial charge in [-0.05, 0) is 24.9 Å². The van der Waals surface area contributed by atoms with E-state index in [0.29, 0.717) is 5.56 Å². The zero-order valence-corrected chi connectivity index (χ0v) is 12.8. The first-order valence-corrected chi connectivity index (χ1v) is 7.08. The van der Waals surface area contributed by atoms with Crippen molar-refractivity contribution in [3.8, 4) is 0 Å². The van der Waals surface area contributed by atoms with E-state index >= 15 is 0 Å². The molecule has 0 spiro atoms. The number of benzene rings is 1. The fourth-order valence-electron chi connectivity index (χ4n) is 2.51. The minimum absolute atomic E-state index is 0. The number of alkyl halides is 3. The first-order valence-electron chi connectivity index (χ1n) is 7.08. The zero-order chi connectivity index (χ0) is 15.3. The van der Waals surface area contributed by atoms with E-state index in [9.17, 15) is 18.0 Å². The third-order valence-corrected chi connectivity index (χ3v) is 3.61. The molecular formula is C15H20ClF3N2O. The molecule has 1 aliphatic heterocycles. The summed E-state index contributed by atoms with van der Waals surface area (Å²) in [6, 6.07) is 6.54. The highest BCUT2D eigenvalue weighted by atomic mass is 35.5. The molecule has 1 amide bonds. The molecule has 7 heteroatoms. The third kappa shape index (κ3) is 5.85. The summed E-state index contributed by atoms with van der Waals surface area (Å²) >= 11 is 0. The number of nitrogens with one attached hydrogen (secondary N) is 2. The largest absolute Gasteiger partial charge is 0.408 e. The molecule has 1 aromatic rings. The first-order chi connectivity index (χ1) is 9.95. The van der Waals surface area contributed by atoms with Gasteiger partial charge in [0.1, 0.15) is 6.04 Å². The number of carbonyl (C=O) groups excluding carboxylic acids is 1. The molecule has 2 atom stereocenters. The van der Waals surface area contributed by atoms with Crippen molar-refractivity contribution < 1.29 is 18.0 Å². The van der Waals surface area contributed by atoms with Gasteiger partial charge in [0.25, 0.3) is 0 Å². The Labute approximate surface area is 134 Å². The van der Waals surface area contributed by atoms with Crippen molar-refractivity contribution in [2.45, 2.75) is 43.9 Å². The smallest absolute Gasteiger partial charge is 0.344 e. The Morgan fingerprint density at radius 2 is 2.00 bits per heavy atom. The Hall–Kier alpha value is -1.27. The number of hydrogen-bond acceptors (Lipinski definition) is 2. The van der Waals surface area contributed by atoms with E-state index in [-0.39, 0.29) is 31.3 Å². The molecule has 3 nitrogen and oxygen atoms in total. The van der Waals surface area contributed by atoms with Crippen LogP contribution in [-0.2, 0) is 11.2 Å². The predicted octanol–water partition coefficient (Wildman–Crippen LogP) is 2.84. The maximum absolute atomic E-state index is 13.0. The summed E-state index contributed by atoms with van der Waals surface area (Å²) in [7, 11) is 0. The second-order valence-corrected chi connectivity index (χ2v) is 5.35. The van der Waals surface area contributed by atoms with Gasteiger partial charge < -0.3 is 10.6 Å². The highest BCUT2D eigenvalue weighted by molar-refractivity contribution is 5.85. The molecule has 1 heterocycles. The molecule has 0 saturated carbocycles. The van der Waals surface area contributed by atoms with Crippen LogP contribution in [0.1, 0.15) is 24.8 Å². The Balaban J connectivity index is 0.00000242. The van der Waals surface area contributed by atoms with Gasteiger partial charge in [-0.2, -0.15) is 13.2 Å². The van der Waals surface area contributed by atoms with Crippen LogP contribution in [0, 0.1) is 0 Å². The predicted molar refractivity (Wildman–Crippen MR) is 81.0 cm³/mol. The van der Waals surface area contributed by atoms with Crippen LogP contribution in [0.3, 0.4) is 0 Å². The van der Waals surface area contributed by atoms with Crippen molar-refractivity contribution in [2.75, 3.05) is 6.54 Å². The number of hydrogen-bond donors (Lipinski definition) is 2. The van der Waals surface area contributed by atoms with E-state index < -0.39 is 18.1 Å². The van der Waals surface area contributed by atoms with Crippen LogP contribution in [-0.4, -0.2) is 30.7 Å². The van der Waals surface area contributed by atoms with Crippen LogP contribution in [0.4, 0.5) is 13.2 Å². The molecule has 2 rings (SSSR count). The maximum atomic E-state index is 13.0. The first kappa shape index (κ1) is 18.8. The summed E-state index contributed by atoms with van der Waals surface area (Å²) in [5.41, 5.74) is 0.555. The number of halogens is 4. The molecule has 1 saturated heterocycles. The lowest BCUT2D eigenvalue weighted by Crippen LogP contribution is -2.48. The maximum Gasteiger partial charge on any atom is 0.408 e. The van der Waals surface area contributed by atoms with Crippen LogP contribution < -0.4 is 10.6 Å². The van der Waals surface area contributed by atoms with Gasteiger partial charge in [-0.25, -0.2) is 0 Å². The van der Waals surface area contributed by atoms with Gasteiger partial charge in [-0.15, -0.1) is 12.4 Å². The van der Waals surface area contributed by atoms with Crippen LogP contribution in [0.15, 0.2) is 30.3 Å². The van der Waals surface area contributed by atoms with Crippen LogP contribution >= 0.6 is 12.4 Å². The SMILES string of the molecule is Cl.O=C(CC1CCCN1)NC(Cc1ccccc1)C(F)(F)F. The fourth-order valence-corrected chi connectivity index (χ4v) is 2.51. The van der Waals surface area contributed by atoms with Crippen molar-refractivity contribution in [2.24, 2.45) is 0 Å². The molecule has 1 aliphatic rings. The lowest BCUT2D eigenvalue weighted by atomic mass is 10.0. The lowest BCUT2D eigenvalue weighted by molar-refractivity contribution is -0.161. The summed E-state index contributed by atoms with van der Waals surface area (Å²) < 4.78 is 39.1. The minimum atomic E-state index is -4.45. The van der Waals surface area contributed by atoms with Gasteiger partial charge in [-0.3, -0.25) is 4.79 Å². The zero-order valence-electron chi connectivity index (χ0n) is 12.0. The van der Waals surface area contributed by atoms with E-state index in [4.69, 9.17) is 0 Å². The van der Waals surface area contributed by atoms with Gasteiger partial charge >= 0.3 is 6.18 Å². The van der Waals surface area contributed by atoms with Gasteiger partial charge in [-0.1, -0.05) is 30.3 Å². The monoisotopic (exact) mass is 336 g/mol. The highest BCUT2D eigenvalue weighted by Crippen LogP contribution is 2.23. The van der Waals surface area contributed by atoms with Crippen LogP contribution in [0.2, 0.25) is 0 Å². The molecule has 0 bridgehead atoms. The van der Waals surface area contributed by atoms with Crippen LogP contribution in [0.5, 0.6) is 0 Å². The van der Waals surface area contributed by atoms with E-state index in [0.717, 1.165) is 19.4 Å². The molecule has 1 aromatic carbocycles. The highest BCUT2D eigenvalue weighted by Gasteiger charge is 2.40. The lowest BCUT2D eigenvalue weighted by Gasteiger charge is -2.22. The molecule has 0 aromatic heterocycles. The minimum Gasteiger partial charge on any atom is -0.344 e. The number of carbonyl (C=O) groups is 1. The van der Waals surface area contributed by atoms with Crippen molar-refractivity contribution in [1.29, 1.82) is 0 Å². The van der Waals surface area contributed by atoms with E-state index in [1.807, 2.05) is 0 Å². The molecular weight excluding hydrogens is 317 g/mol. The molecule has 2 unspecified atom stereocenters. The van der Waals surface area contributed by atoms with Crippen molar-refractivity contribution in [1.82, 2.24) is 10.6 Å². The summed E-state index contributed by atoms with van der Waals surface area (Å²) in [6.45, 7) is 0.824. The summed E-state index contributed by atoms with van der Waals surface area (Å²) in [5.74, 6) is -0.548. The quantitative estimate of drug-likeness (QED) is 0.868. The molecule has 1 fully saturated rings. The standard InChI is InChI=1S/C15H19F3N2O.ClH/c16-15(17,18)13(9-11-5-2-1-3-6-11)20-14(21)10-12-7-4-8-19-12;/h1-3,5-6,12-13,19H,4,7-10H2,(H,20,21);1H. The second-order valence-electron chi connectivity index (χ2n) is 5.35. The molecule has 0 radical (unpaired) electrons. The Kier molecular flexibility index (Phi) is 7.16. The Morgan fingerprint density at radius 3 is 2.55 bits per heavy atom. The molecule has 22 heavy (non-hydrogen) atoms. The van der Waals surface area contributed by atoms with E-state index in [2.05, 4.69) is 10.6 Å². The fraction of sp³-hybridized carbons (Fsp3) is 0.533. The third-order valence-electron chi connectivity index (χ3n) is 3.61. The van der Waals surface area contributed by atoms with Gasteiger partial charge in [0.2, 0.25) is 5.91 Å². The summed E-state index contributed by atoms with van der Waals surface area (Å²) in [6.07, 6.45) is -2.79. The topological polar surface area (TPSA) is 41.1 Å². The summed E-state index contributed by atoms with van der Waals surface area (Å²) in [4.78, 5) is 11.8. The Bertz CT molecular complexity index is 462. The second kappa shape index (κ2) is 8.39. The molecule has 124 valence electrons. The van der Waals surface area contributed by atoms with Gasteiger partial charge in [0.15, 0.2) is 0 Å². The van der Waals surface area contributed by atoms with E-state index in [1.165, 1.54) is 0 Å². The number of rotatable bonds is 5. The van der Waals surface area contributed by atoms with Gasteiger partial charge in [0.05, 0.1) is 0 Å². The summed E-state index contributed by atoms with van der Waals surface area (Å²) in [5, 5.41) is 5.24. The molecule has 0 aliphatic carbocycles. The average Bonchev–Trinajstić information content (AvgIpc) is 2.91. The van der Waals surface area contributed by atoms with Crippen molar-refractivity contribution in [3.05, 3.63) is 35.9 Å². The number of amides is 1. The van der Waals surface area contributed by atoms with Crippen LogP contribution in [0.25, 0.3) is 0 Å². The molecule has 2 N–H and O–H groups in total.